The Balaban J connectivity index is 1.87. The summed E-state index contributed by atoms with van der Waals surface area (Å²) in [5.74, 6) is 0.833. The average molecular weight is 286 g/mol. The molecule has 1 aliphatic rings. The average Bonchev–Trinajstić information content (AvgIpc) is 3.06. The summed E-state index contributed by atoms with van der Waals surface area (Å²) in [7, 11) is 0. The first kappa shape index (κ1) is 13.3. The van der Waals surface area contributed by atoms with E-state index in [2.05, 4.69) is 54.2 Å². The van der Waals surface area contributed by atoms with Gasteiger partial charge in [0.2, 0.25) is 5.91 Å². The number of rotatable bonds is 3. The number of nitrogens with zero attached hydrogens (tertiary/aromatic N) is 2. The summed E-state index contributed by atoms with van der Waals surface area (Å²) in [6.45, 7) is 4.89. The number of hydrogen-bond acceptors (Lipinski definition) is 2. The van der Waals surface area contributed by atoms with E-state index < -0.39 is 0 Å². The van der Waals surface area contributed by atoms with Gasteiger partial charge in [-0.1, -0.05) is 17.7 Å². The van der Waals surface area contributed by atoms with Crippen molar-refractivity contribution in [1.82, 2.24) is 9.47 Å². The zero-order valence-electron chi connectivity index (χ0n) is 11.7. The number of carbonyl (C=O) groups is 1. The second-order valence-electron chi connectivity index (χ2n) is 5.03. The van der Waals surface area contributed by atoms with Gasteiger partial charge in [-0.25, -0.2) is 0 Å². The predicted molar refractivity (Wildman–Crippen MR) is 83.1 cm³/mol. The highest BCUT2D eigenvalue weighted by Crippen LogP contribution is 2.38. The molecule has 2 aromatic rings. The lowest BCUT2D eigenvalue weighted by molar-refractivity contribution is -0.127. The van der Waals surface area contributed by atoms with Crippen molar-refractivity contribution in [2.24, 2.45) is 0 Å². The highest BCUT2D eigenvalue weighted by atomic mass is 32.2. The quantitative estimate of drug-likeness (QED) is 0.864. The van der Waals surface area contributed by atoms with Gasteiger partial charge in [0.25, 0.3) is 0 Å². The molecule has 0 spiro atoms. The summed E-state index contributed by atoms with van der Waals surface area (Å²) in [5, 5.41) is 0.166. The molecule has 3 rings (SSSR count). The maximum atomic E-state index is 11.8. The molecular weight excluding hydrogens is 268 g/mol. The highest BCUT2D eigenvalue weighted by Gasteiger charge is 2.31. The molecule has 20 heavy (non-hydrogen) atoms. The number of carbonyl (C=O) groups excluding carboxylic acids is 1. The van der Waals surface area contributed by atoms with Gasteiger partial charge in [0.1, 0.15) is 5.37 Å². The minimum Gasteiger partial charge on any atom is -0.326 e. The Morgan fingerprint density at radius 2 is 2.00 bits per heavy atom. The Morgan fingerprint density at radius 1 is 1.25 bits per heavy atom. The molecule has 0 radical (unpaired) electrons. The molecule has 1 fully saturated rings. The standard InChI is InChI=1S/C16H18N2OS/c1-3-18-15(19)11-20-16(18)13-8-9-17(10-13)14-6-4-12(2)5-7-14/h4-10,16H,3,11H2,1-2H3/t16-/m0/s1. The minimum atomic E-state index is 0.166. The van der Waals surface area contributed by atoms with Crippen LogP contribution < -0.4 is 0 Å². The molecule has 2 heterocycles. The van der Waals surface area contributed by atoms with Crippen molar-refractivity contribution < 1.29 is 4.79 Å². The van der Waals surface area contributed by atoms with E-state index in [0.717, 1.165) is 12.2 Å². The second kappa shape index (κ2) is 5.37. The Morgan fingerprint density at radius 3 is 2.70 bits per heavy atom. The third-order valence-corrected chi connectivity index (χ3v) is 4.90. The van der Waals surface area contributed by atoms with Gasteiger partial charge in [-0.15, -0.1) is 11.8 Å². The molecule has 0 unspecified atom stereocenters. The third-order valence-electron chi connectivity index (χ3n) is 3.64. The molecule has 104 valence electrons. The first-order chi connectivity index (χ1) is 9.69. The monoisotopic (exact) mass is 286 g/mol. The van der Waals surface area contributed by atoms with Crippen LogP contribution in [0, 0.1) is 6.92 Å². The maximum absolute atomic E-state index is 11.8. The van der Waals surface area contributed by atoms with Gasteiger partial charge in [0.05, 0.1) is 5.75 Å². The summed E-state index contributed by atoms with van der Waals surface area (Å²) in [4.78, 5) is 13.7. The second-order valence-corrected chi connectivity index (χ2v) is 6.10. The van der Waals surface area contributed by atoms with E-state index in [9.17, 15) is 4.79 Å². The van der Waals surface area contributed by atoms with E-state index in [1.807, 2.05) is 11.8 Å². The van der Waals surface area contributed by atoms with Crippen LogP contribution in [0.15, 0.2) is 42.7 Å². The fraction of sp³-hybridized carbons (Fsp3) is 0.312. The van der Waals surface area contributed by atoms with Crippen LogP contribution in [0.3, 0.4) is 0 Å². The lowest BCUT2D eigenvalue weighted by atomic mass is 10.2. The SMILES string of the molecule is CCN1C(=O)CS[C@H]1c1ccn(-c2ccc(C)cc2)c1. The summed E-state index contributed by atoms with van der Waals surface area (Å²) in [6.07, 6.45) is 4.20. The molecule has 0 N–H and O–H groups in total. The van der Waals surface area contributed by atoms with E-state index in [4.69, 9.17) is 0 Å². The van der Waals surface area contributed by atoms with Crippen molar-refractivity contribution in [2.45, 2.75) is 19.2 Å². The van der Waals surface area contributed by atoms with E-state index in [0.29, 0.717) is 5.75 Å². The van der Waals surface area contributed by atoms with Crippen LogP contribution in [0.1, 0.15) is 23.4 Å². The Hall–Kier alpha value is -1.68. The van der Waals surface area contributed by atoms with E-state index in [1.165, 1.54) is 11.1 Å². The van der Waals surface area contributed by atoms with Gasteiger partial charge in [0.15, 0.2) is 0 Å². The van der Waals surface area contributed by atoms with Gasteiger partial charge >= 0.3 is 0 Å². The van der Waals surface area contributed by atoms with Gasteiger partial charge < -0.3 is 9.47 Å². The Bertz CT molecular complexity index is 618. The van der Waals surface area contributed by atoms with Crippen molar-refractivity contribution in [2.75, 3.05) is 12.3 Å². The van der Waals surface area contributed by atoms with Gasteiger partial charge in [-0.3, -0.25) is 4.79 Å². The molecule has 1 atom stereocenters. The largest absolute Gasteiger partial charge is 0.326 e. The van der Waals surface area contributed by atoms with Crippen LogP contribution in [-0.2, 0) is 4.79 Å². The Labute approximate surface area is 123 Å². The molecule has 4 heteroatoms. The number of aryl methyl sites for hydroxylation is 1. The Kier molecular flexibility index (Phi) is 3.57. The first-order valence-corrected chi connectivity index (χ1v) is 7.90. The van der Waals surface area contributed by atoms with Crippen LogP contribution in [0.25, 0.3) is 5.69 Å². The molecule has 1 aliphatic heterocycles. The van der Waals surface area contributed by atoms with Crippen LogP contribution >= 0.6 is 11.8 Å². The lowest BCUT2D eigenvalue weighted by Crippen LogP contribution is -2.27. The predicted octanol–water partition coefficient (Wildman–Crippen LogP) is 3.38. The van der Waals surface area contributed by atoms with Gasteiger partial charge in [-0.05, 0) is 32.0 Å². The maximum Gasteiger partial charge on any atom is 0.233 e. The fourth-order valence-corrected chi connectivity index (χ4v) is 3.75. The van der Waals surface area contributed by atoms with Gasteiger partial charge in [-0.2, -0.15) is 0 Å². The fourth-order valence-electron chi connectivity index (χ4n) is 2.51. The molecule has 1 aromatic carbocycles. The molecular formula is C16H18N2OS. The van der Waals surface area contributed by atoms with Crippen LogP contribution in [-0.4, -0.2) is 27.7 Å². The first-order valence-electron chi connectivity index (χ1n) is 6.85. The molecule has 1 aromatic heterocycles. The summed E-state index contributed by atoms with van der Waals surface area (Å²) in [6, 6.07) is 10.6. The summed E-state index contributed by atoms with van der Waals surface area (Å²) >= 11 is 1.71. The minimum absolute atomic E-state index is 0.166. The van der Waals surface area contributed by atoms with E-state index >= 15 is 0 Å². The van der Waals surface area contributed by atoms with Crippen LogP contribution in [0.5, 0.6) is 0 Å². The smallest absolute Gasteiger partial charge is 0.233 e. The number of thioether (sulfide) groups is 1. The molecule has 0 bridgehead atoms. The van der Waals surface area contributed by atoms with Crippen molar-refractivity contribution in [3.63, 3.8) is 0 Å². The third kappa shape index (κ3) is 2.36. The molecule has 0 saturated carbocycles. The van der Waals surface area contributed by atoms with E-state index in [-0.39, 0.29) is 11.3 Å². The van der Waals surface area contributed by atoms with Crippen molar-refractivity contribution in [3.05, 3.63) is 53.9 Å². The van der Waals surface area contributed by atoms with Crippen molar-refractivity contribution in [3.8, 4) is 5.69 Å². The van der Waals surface area contributed by atoms with Crippen molar-refractivity contribution >= 4 is 17.7 Å². The molecule has 1 amide bonds. The van der Waals surface area contributed by atoms with Crippen molar-refractivity contribution in [1.29, 1.82) is 0 Å². The van der Waals surface area contributed by atoms with Crippen LogP contribution in [0.4, 0.5) is 0 Å². The normalized spacial score (nSPS) is 18.8. The number of benzene rings is 1. The summed E-state index contributed by atoms with van der Waals surface area (Å²) < 4.78 is 2.12. The van der Waals surface area contributed by atoms with Gasteiger partial charge in [0, 0.05) is 30.2 Å². The van der Waals surface area contributed by atoms with Crippen LogP contribution in [0.2, 0.25) is 0 Å². The molecule has 1 saturated heterocycles. The molecule has 3 nitrogen and oxygen atoms in total. The zero-order valence-corrected chi connectivity index (χ0v) is 12.6. The molecule has 0 aliphatic carbocycles. The topological polar surface area (TPSA) is 25.2 Å². The van der Waals surface area contributed by atoms with E-state index in [1.54, 1.807) is 11.8 Å². The lowest BCUT2D eigenvalue weighted by Gasteiger charge is -2.21. The zero-order chi connectivity index (χ0) is 14.1. The highest BCUT2D eigenvalue weighted by molar-refractivity contribution is 8.00. The summed E-state index contributed by atoms with van der Waals surface area (Å²) in [5.41, 5.74) is 3.61. The number of aromatic nitrogens is 1. The number of hydrogen-bond donors (Lipinski definition) is 0. The number of amides is 1.